The molecule has 0 unspecified atom stereocenters. The first-order valence-corrected chi connectivity index (χ1v) is 8.48. The maximum atomic E-state index is 12.7. The van der Waals surface area contributed by atoms with Gasteiger partial charge < -0.3 is 15.3 Å². The van der Waals surface area contributed by atoms with Gasteiger partial charge in [0.1, 0.15) is 12.1 Å². The lowest BCUT2D eigenvalue weighted by Crippen LogP contribution is -2.44. The standard InChI is InChI=1S/C14H14F2N4O.C2H6.CHF3O/c15-13(16)9-2-3-10-11(6-9)18-8-19-14(10)17-7-12(21)20-4-1-5-20;1-2;2-1(3,4)5/h2-3,6,8,13H,1,4-5,7H2,(H,17,18,19);1-2H3;5H. The number of amides is 1. The Morgan fingerprint density at radius 3 is 2.36 bits per heavy atom. The fourth-order valence-corrected chi connectivity index (χ4v) is 2.19. The van der Waals surface area contributed by atoms with Crippen molar-refractivity contribution >= 4 is 22.6 Å². The molecule has 2 N–H and O–H groups in total. The lowest BCUT2D eigenvalue weighted by Gasteiger charge is -2.31. The van der Waals surface area contributed by atoms with Gasteiger partial charge in [0.2, 0.25) is 5.91 Å². The molecule has 0 bridgehead atoms. The fraction of sp³-hybridized carbons (Fsp3) is 0.471. The Bertz CT molecular complexity index is 761. The summed E-state index contributed by atoms with van der Waals surface area (Å²) in [5.41, 5.74) is 0.352. The van der Waals surface area contributed by atoms with Gasteiger partial charge in [0.15, 0.2) is 0 Å². The van der Waals surface area contributed by atoms with Gasteiger partial charge in [-0.2, -0.15) is 0 Å². The molecule has 1 aromatic carbocycles. The van der Waals surface area contributed by atoms with Gasteiger partial charge in [0.25, 0.3) is 6.43 Å². The normalized spacial score (nSPS) is 13.1. The molecule has 3 rings (SSSR count). The number of fused-ring (bicyclic) bond motifs is 1. The number of likely N-dealkylation sites (tertiary alicyclic amines) is 1. The highest BCUT2D eigenvalue weighted by atomic mass is 19.4. The monoisotopic (exact) mass is 408 g/mol. The number of hydrogen-bond acceptors (Lipinski definition) is 5. The zero-order chi connectivity index (χ0) is 21.3. The van der Waals surface area contributed by atoms with Crippen LogP contribution in [0.2, 0.25) is 0 Å². The number of aliphatic hydroxyl groups is 1. The first-order valence-electron chi connectivity index (χ1n) is 8.48. The van der Waals surface area contributed by atoms with E-state index in [9.17, 15) is 26.7 Å². The molecule has 1 saturated heterocycles. The van der Waals surface area contributed by atoms with Crippen LogP contribution in [0, 0.1) is 0 Å². The highest BCUT2D eigenvalue weighted by Gasteiger charge is 2.21. The van der Waals surface area contributed by atoms with Crippen LogP contribution in [-0.2, 0) is 4.79 Å². The molecule has 11 heteroatoms. The highest BCUT2D eigenvalue weighted by Crippen LogP contribution is 2.25. The zero-order valence-corrected chi connectivity index (χ0v) is 15.3. The molecule has 1 amide bonds. The van der Waals surface area contributed by atoms with Gasteiger partial charge in [-0.05, 0) is 18.6 Å². The number of nitrogens with one attached hydrogen (secondary N) is 1. The Hall–Kier alpha value is -2.56. The maximum Gasteiger partial charge on any atom is 0.519 e. The second kappa shape index (κ2) is 10.7. The summed E-state index contributed by atoms with van der Waals surface area (Å²) in [5, 5.41) is 10.1. The molecule has 2 aromatic rings. The van der Waals surface area contributed by atoms with Crippen molar-refractivity contribution in [2.24, 2.45) is 0 Å². The molecule has 0 aliphatic carbocycles. The Morgan fingerprint density at radius 2 is 1.86 bits per heavy atom. The van der Waals surface area contributed by atoms with E-state index >= 15 is 0 Å². The third-order valence-electron chi connectivity index (χ3n) is 3.53. The van der Waals surface area contributed by atoms with Crippen LogP contribution in [0.25, 0.3) is 10.9 Å². The van der Waals surface area contributed by atoms with Gasteiger partial charge in [0.05, 0.1) is 12.1 Å². The number of carbonyl (C=O) groups is 1. The SMILES string of the molecule is CC.O=C(CNc1ncnc2cc(C(F)F)ccc12)N1CCC1.OC(F)(F)F. The van der Waals surface area contributed by atoms with Crippen LogP contribution in [0.4, 0.5) is 27.8 Å². The predicted octanol–water partition coefficient (Wildman–Crippen LogP) is 3.74. The Morgan fingerprint density at radius 1 is 1.25 bits per heavy atom. The second-order valence-corrected chi connectivity index (χ2v) is 5.36. The van der Waals surface area contributed by atoms with Crippen molar-refractivity contribution in [3.63, 3.8) is 0 Å². The van der Waals surface area contributed by atoms with Gasteiger partial charge in [-0.3, -0.25) is 4.79 Å². The molecule has 1 aromatic heterocycles. The van der Waals surface area contributed by atoms with Crippen molar-refractivity contribution in [2.45, 2.75) is 33.1 Å². The number of hydrogen-bond donors (Lipinski definition) is 2. The van der Waals surface area contributed by atoms with E-state index in [1.165, 1.54) is 18.5 Å². The number of rotatable bonds is 4. The molecule has 156 valence electrons. The Balaban J connectivity index is 0.000000490. The molecule has 1 fully saturated rings. The molecule has 0 spiro atoms. The van der Waals surface area contributed by atoms with Crippen molar-refractivity contribution in [3.05, 3.63) is 30.1 Å². The van der Waals surface area contributed by atoms with E-state index in [1.807, 2.05) is 13.8 Å². The van der Waals surface area contributed by atoms with Crippen LogP contribution in [0.3, 0.4) is 0 Å². The van der Waals surface area contributed by atoms with Gasteiger partial charge in [-0.25, -0.2) is 18.7 Å². The number of benzene rings is 1. The van der Waals surface area contributed by atoms with E-state index in [0.717, 1.165) is 19.5 Å². The average Bonchev–Trinajstić information content (AvgIpc) is 2.58. The number of carbonyl (C=O) groups excluding carboxylic acids is 1. The first-order chi connectivity index (χ1) is 13.1. The third-order valence-corrected chi connectivity index (χ3v) is 3.53. The Labute approximate surface area is 158 Å². The minimum Gasteiger partial charge on any atom is -0.360 e. The van der Waals surface area contributed by atoms with Gasteiger partial charge in [-0.15, -0.1) is 13.2 Å². The van der Waals surface area contributed by atoms with E-state index in [0.29, 0.717) is 16.7 Å². The van der Waals surface area contributed by atoms with E-state index < -0.39 is 12.8 Å². The average molecular weight is 408 g/mol. The van der Waals surface area contributed by atoms with Crippen molar-refractivity contribution in [3.8, 4) is 0 Å². The van der Waals surface area contributed by atoms with E-state index in [1.54, 1.807) is 11.0 Å². The fourth-order valence-electron chi connectivity index (χ4n) is 2.19. The molecule has 2 heterocycles. The summed E-state index contributed by atoms with van der Waals surface area (Å²) < 4.78 is 55.1. The zero-order valence-electron chi connectivity index (χ0n) is 15.3. The second-order valence-electron chi connectivity index (χ2n) is 5.36. The molecular weight excluding hydrogens is 387 g/mol. The third kappa shape index (κ3) is 7.59. The van der Waals surface area contributed by atoms with Crippen molar-refractivity contribution in [2.75, 3.05) is 25.0 Å². The molecule has 0 radical (unpaired) electrons. The molecule has 28 heavy (non-hydrogen) atoms. The summed E-state index contributed by atoms with van der Waals surface area (Å²) in [6.45, 7) is 5.73. The summed E-state index contributed by atoms with van der Waals surface area (Å²) in [6, 6.07) is 4.23. The van der Waals surface area contributed by atoms with Crippen molar-refractivity contribution < 1.29 is 31.9 Å². The van der Waals surface area contributed by atoms with Crippen LogP contribution >= 0.6 is 0 Å². The number of nitrogens with zero attached hydrogens (tertiary/aromatic N) is 3. The molecule has 1 aliphatic rings. The minimum absolute atomic E-state index is 0.0113. The summed E-state index contributed by atoms with van der Waals surface area (Å²) in [4.78, 5) is 21.6. The molecule has 0 atom stereocenters. The first kappa shape index (κ1) is 23.5. The Kier molecular flexibility index (Phi) is 8.97. The summed E-state index contributed by atoms with van der Waals surface area (Å²) in [7, 11) is 0. The van der Waals surface area contributed by atoms with E-state index in [2.05, 4.69) is 15.3 Å². The molecule has 0 saturated carbocycles. The topological polar surface area (TPSA) is 78.4 Å². The summed E-state index contributed by atoms with van der Waals surface area (Å²) >= 11 is 0. The maximum absolute atomic E-state index is 12.7. The van der Waals surface area contributed by atoms with Crippen molar-refractivity contribution in [1.82, 2.24) is 14.9 Å². The highest BCUT2D eigenvalue weighted by molar-refractivity contribution is 5.91. The molecule has 6 nitrogen and oxygen atoms in total. The lowest BCUT2D eigenvalue weighted by atomic mass is 10.1. The van der Waals surface area contributed by atoms with E-state index in [4.69, 9.17) is 5.11 Å². The van der Waals surface area contributed by atoms with Crippen LogP contribution in [0.15, 0.2) is 24.5 Å². The number of alkyl halides is 5. The summed E-state index contributed by atoms with van der Waals surface area (Å²) in [6.07, 6.45) is -5.19. The predicted molar refractivity (Wildman–Crippen MR) is 93.8 cm³/mol. The lowest BCUT2D eigenvalue weighted by molar-refractivity contribution is -0.295. The van der Waals surface area contributed by atoms with Crippen LogP contribution in [-0.4, -0.2) is 51.9 Å². The van der Waals surface area contributed by atoms with Crippen LogP contribution in [0.1, 0.15) is 32.3 Å². The molecule has 1 aliphatic heterocycles. The largest absolute Gasteiger partial charge is 0.519 e. The molecular formula is C17H21F5N4O2. The minimum atomic E-state index is -5.00. The van der Waals surface area contributed by atoms with Crippen molar-refractivity contribution in [1.29, 1.82) is 0 Å². The van der Waals surface area contributed by atoms with E-state index in [-0.39, 0.29) is 18.0 Å². The van der Waals surface area contributed by atoms with Crippen LogP contribution in [0.5, 0.6) is 0 Å². The summed E-state index contributed by atoms with van der Waals surface area (Å²) in [5.74, 6) is 0.493. The number of halogens is 5. The number of aromatic nitrogens is 2. The van der Waals surface area contributed by atoms with Gasteiger partial charge in [-0.1, -0.05) is 19.9 Å². The van der Waals surface area contributed by atoms with Crippen LogP contribution < -0.4 is 5.32 Å². The van der Waals surface area contributed by atoms with Gasteiger partial charge in [0, 0.05) is 24.0 Å². The van der Waals surface area contributed by atoms with Gasteiger partial charge >= 0.3 is 6.36 Å². The quantitative estimate of drug-likeness (QED) is 0.754. The smallest absolute Gasteiger partial charge is 0.360 e. The number of anilines is 1.